The van der Waals surface area contributed by atoms with Crippen LogP contribution >= 0.6 is 12.6 Å². The van der Waals surface area contributed by atoms with Crippen LogP contribution in [-0.4, -0.2) is 20.6 Å². The molecule has 0 spiro atoms. The lowest BCUT2D eigenvalue weighted by molar-refractivity contribution is -0.131. The molecular weight excluding hydrogens is 176 g/mol. The number of imidazole rings is 1. The molecule has 0 radical (unpaired) electrons. The second-order valence-corrected chi connectivity index (χ2v) is 2.66. The van der Waals surface area contributed by atoms with Gasteiger partial charge in [-0.1, -0.05) is 0 Å². The second kappa shape index (κ2) is 3.44. The largest absolute Gasteiger partial charge is 0.477 e. The fourth-order valence-electron chi connectivity index (χ4n) is 0.735. The molecule has 1 rings (SSSR count). The summed E-state index contributed by atoms with van der Waals surface area (Å²) in [6.07, 6.45) is 4.76. The van der Waals surface area contributed by atoms with E-state index in [4.69, 9.17) is 5.11 Å². The first-order valence-electron chi connectivity index (χ1n) is 3.24. The lowest BCUT2D eigenvalue weighted by Crippen LogP contribution is -2.00. The number of carboxylic acids is 1. The van der Waals surface area contributed by atoms with Crippen molar-refractivity contribution in [3.63, 3.8) is 0 Å². The quantitative estimate of drug-likeness (QED) is 0.534. The van der Waals surface area contributed by atoms with E-state index >= 15 is 0 Å². The standard InChI is InChI=1S/C7H8N2O2S/c1-5(6(12)7(10)11)9-3-2-8-4-9/h2-4,12H,1H3,(H,10,11)/b6-5-. The maximum absolute atomic E-state index is 10.5. The summed E-state index contributed by atoms with van der Waals surface area (Å²) >= 11 is 3.84. The third kappa shape index (κ3) is 1.68. The van der Waals surface area contributed by atoms with Crippen molar-refractivity contribution < 1.29 is 9.90 Å². The third-order valence-corrected chi connectivity index (χ3v) is 1.95. The van der Waals surface area contributed by atoms with Gasteiger partial charge in [-0.05, 0) is 6.92 Å². The van der Waals surface area contributed by atoms with E-state index in [1.165, 1.54) is 6.33 Å². The molecule has 1 heterocycles. The summed E-state index contributed by atoms with van der Waals surface area (Å²) in [5, 5.41) is 8.58. The van der Waals surface area contributed by atoms with Gasteiger partial charge < -0.3 is 9.67 Å². The molecule has 0 saturated heterocycles. The molecule has 1 aromatic heterocycles. The lowest BCUT2D eigenvalue weighted by atomic mass is 10.4. The Labute approximate surface area is 75.0 Å². The zero-order valence-electron chi connectivity index (χ0n) is 6.43. The Kier molecular flexibility index (Phi) is 2.54. The smallest absolute Gasteiger partial charge is 0.343 e. The van der Waals surface area contributed by atoms with Gasteiger partial charge in [0.1, 0.15) is 4.91 Å². The van der Waals surface area contributed by atoms with E-state index < -0.39 is 5.97 Å². The zero-order chi connectivity index (χ0) is 9.14. The first-order valence-corrected chi connectivity index (χ1v) is 3.69. The molecule has 0 amide bonds. The number of thiol groups is 1. The highest BCUT2D eigenvalue weighted by Gasteiger charge is 2.06. The summed E-state index contributed by atoms with van der Waals surface area (Å²) < 4.78 is 1.59. The van der Waals surface area contributed by atoms with E-state index in [1.807, 2.05) is 0 Å². The van der Waals surface area contributed by atoms with Gasteiger partial charge in [0.05, 0.1) is 6.33 Å². The summed E-state index contributed by atoms with van der Waals surface area (Å²) in [6, 6.07) is 0. The highest BCUT2D eigenvalue weighted by molar-refractivity contribution is 7.85. The molecule has 1 aromatic rings. The van der Waals surface area contributed by atoms with Gasteiger partial charge in [-0.3, -0.25) is 0 Å². The summed E-state index contributed by atoms with van der Waals surface area (Å²) in [6.45, 7) is 1.66. The van der Waals surface area contributed by atoms with Crippen molar-refractivity contribution in [2.75, 3.05) is 0 Å². The Balaban J connectivity index is 3.05. The molecule has 0 saturated carbocycles. The Bertz CT molecular complexity index is 316. The molecule has 0 aliphatic rings. The van der Waals surface area contributed by atoms with E-state index in [0.29, 0.717) is 5.70 Å². The molecule has 0 fully saturated rings. The predicted molar refractivity (Wildman–Crippen MR) is 47.7 cm³/mol. The molecule has 0 aliphatic carbocycles. The SMILES string of the molecule is C/C(=C(/S)C(=O)O)n1ccnc1. The number of carboxylic acid groups (broad SMARTS) is 1. The first-order chi connectivity index (χ1) is 5.63. The minimum Gasteiger partial charge on any atom is -0.477 e. The number of rotatable bonds is 2. The Morgan fingerprint density at radius 1 is 1.67 bits per heavy atom. The van der Waals surface area contributed by atoms with Crippen molar-refractivity contribution in [2.24, 2.45) is 0 Å². The van der Waals surface area contributed by atoms with Crippen molar-refractivity contribution in [3.05, 3.63) is 23.6 Å². The summed E-state index contributed by atoms with van der Waals surface area (Å²) in [4.78, 5) is 14.3. The third-order valence-electron chi connectivity index (χ3n) is 1.44. The van der Waals surface area contributed by atoms with Crippen LogP contribution in [-0.2, 0) is 4.79 Å². The average Bonchev–Trinajstić information content (AvgIpc) is 2.53. The van der Waals surface area contributed by atoms with Crippen LogP contribution in [0.5, 0.6) is 0 Å². The second-order valence-electron chi connectivity index (χ2n) is 2.21. The van der Waals surface area contributed by atoms with Gasteiger partial charge >= 0.3 is 5.97 Å². The Hall–Kier alpha value is -1.23. The van der Waals surface area contributed by atoms with Crippen LogP contribution in [0.3, 0.4) is 0 Å². The molecule has 12 heavy (non-hydrogen) atoms. The normalized spacial score (nSPS) is 12.5. The minimum absolute atomic E-state index is 0.0213. The van der Waals surface area contributed by atoms with Crippen LogP contribution in [0.1, 0.15) is 6.92 Å². The molecule has 1 N–H and O–H groups in total. The molecule has 0 atom stereocenters. The van der Waals surface area contributed by atoms with E-state index in [-0.39, 0.29) is 4.91 Å². The van der Waals surface area contributed by atoms with Crippen molar-refractivity contribution in [3.8, 4) is 0 Å². The number of aliphatic carboxylic acids is 1. The van der Waals surface area contributed by atoms with Gasteiger partial charge in [-0.15, -0.1) is 12.6 Å². The van der Waals surface area contributed by atoms with Crippen LogP contribution in [0.25, 0.3) is 5.70 Å². The van der Waals surface area contributed by atoms with Gasteiger partial charge in [0, 0.05) is 18.1 Å². The molecule has 0 bridgehead atoms. The number of carbonyl (C=O) groups is 1. The van der Waals surface area contributed by atoms with E-state index in [0.717, 1.165) is 0 Å². The number of hydrogen-bond donors (Lipinski definition) is 2. The van der Waals surface area contributed by atoms with E-state index in [2.05, 4.69) is 17.6 Å². The summed E-state index contributed by atoms with van der Waals surface area (Å²) in [5.41, 5.74) is 0.545. The summed E-state index contributed by atoms with van der Waals surface area (Å²) in [7, 11) is 0. The molecule has 0 unspecified atom stereocenters. The van der Waals surface area contributed by atoms with Crippen LogP contribution in [0.15, 0.2) is 23.6 Å². The van der Waals surface area contributed by atoms with Crippen molar-refractivity contribution in [1.29, 1.82) is 0 Å². The first kappa shape index (κ1) is 8.86. The number of nitrogens with zero attached hydrogens (tertiary/aromatic N) is 2. The minimum atomic E-state index is -1.04. The van der Waals surface area contributed by atoms with Crippen molar-refractivity contribution in [2.45, 2.75) is 6.92 Å². The van der Waals surface area contributed by atoms with Gasteiger partial charge in [0.2, 0.25) is 0 Å². The number of allylic oxidation sites excluding steroid dienone is 1. The van der Waals surface area contributed by atoms with Crippen molar-refractivity contribution in [1.82, 2.24) is 9.55 Å². The maximum atomic E-state index is 10.5. The fraction of sp³-hybridized carbons (Fsp3) is 0.143. The summed E-state index contributed by atoms with van der Waals surface area (Å²) in [5.74, 6) is -1.04. The number of aromatic nitrogens is 2. The molecule has 0 aromatic carbocycles. The molecule has 64 valence electrons. The van der Waals surface area contributed by atoms with Gasteiger partial charge in [-0.25, -0.2) is 9.78 Å². The Morgan fingerprint density at radius 3 is 2.75 bits per heavy atom. The van der Waals surface area contributed by atoms with Crippen molar-refractivity contribution >= 4 is 24.3 Å². The fourth-order valence-corrected chi connectivity index (χ4v) is 0.850. The van der Waals surface area contributed by atoms with Crippen LogP contribution in [0.2, 0.25) is 0 Å². The highest BCUT2D eigenvalue weighted by atomic mass is 32.1. The van der Waals surface area contributed by atoms with Crippen LogP contribution in [0, 0.1) is 0 Å². The van der Waals surface area contributed by atoms with E-state index in [1.54, 1.807) is 23.9 Å². The lowest BCUT2D eigenvalue weighted by Gasteiger charge is -2.02. The molecule has 0 aliphatic heterocycles. The Morgan fingerprint density at radius 2 is 2.33 bits per heavy atom. The molecular formula is C7H8N2O2S. The maximum Gasteiger partial charge on any atom is 0.343 e. The van der Waals surface area contributed by atoms with Gasteiger partial charge in [0.25, 0.3) is 0 Å². The average molecular weight is 184 g/mol. The van der Waals surface area contributed by atoms with Gasteiger partial charge in [0.15, 0.2) is 0 Å². The van der Waals surface area contributed by atoms with Gasteiger partial charge in [-0.2, -0.15) is 0 Å². The molecule has 5 heteroatoms. The van der Waals surface area contributed by atoms with Crippen LogP contribution < -0.4 is 0 Å². The molecule has 4 nitrogen and oxygen atoms in total. The predicted octanol–water partition coefficient (Wildman–Crippen LogP) is 1.09. The number of hydrogen-bond acceptors (Lipinski definition) is 3. The highest BCUT2D eigenvalue weighted by Crippen LogP contribution is 2.12. The monoisotopic (exact) mass is 184 g/mol. The zero-order valence-corrected chi connectivity index (χ0v) is 7.32. The topological polar surface area (TPSA) is 55.1 Å². The van der Waals surface area contributed by atoms with E-state index in [9.17, 15) is 4.79 Å². The van der Waals surface area contributed by atoms with Crippen LogP contribution in [0.4, 0.5) is 0 Å².